The summed E-state index contributed by atoms with van der Waals surface area (Å²) in [6.45, 7) is 5.78. The Hall–Kier alpha value is -0.110. The Kier molecular flexibility index (Phi) is 7.49. The lowest BCUT2D eigenvalue weighted by Gasteiger charge is -2.43. The maximum absolute atomic E-state index is 5.51. The zero-order valence-corrected chi connectivity index (χ0v) is 14.8. The van der Waals surface area contributed by atoms with E-state index in [1.165, 1.54) is 17.9 Å². The fourth-order valence-corrected chi connectivity index (χ4v) is 4.66. The molecule has 2 saturated heterocycles. The Balaban J connectivity index is 1.87. The third-order valence-electron chi connectivity index (χ3n) is 4.17. The van der Waals surface area contributed by atoms with Gasteiger partial charge in [-0.05, 0) is 18.4 Å². The average Bonchev–Trinajstić information content (AvgIpc) is 3.02. The molecule has 5 nitrogen and oxygen atoms in total. The van der Waals surface area contributed by atoms with Crippen molar-refractivity contribution in [3.8, 4) is 0 Å². The van der Waals surface area contributed by atoms with Crippen LogP contribution in [-0.4, -0.2) is 86.4 Å². The molecule has 0 aromatic heterocycles. The number of thioether (sulfide) groups is 2. The molecule has 2 fully saturated rings. The van der Waals surface area contributed by atoms with Crippen LogP contribution in [0.15, 0.2) is 4.99 Å². The average molecular weight is 333 g/mol. The molecular weight excluding hydrogens is 304 g/mol. The highest BCUT2D eigenvalue weighted by atomic mass is 32.2. The number of nitrogens with one attached hydrogen (secondary N) is 2. The van der Waals surface area contributed by atoms with Crippen LogP contribution in [0.25, 0.3) is 0 Å². The predicted octanol–water partition coefficient (Wildman–Crippen LogP) is 0.722. The summed E-state index contributed by atoms with van der Waals surface area (Å²) in [5, 5.41) is 6.92. The number of nitrogens with zero attached hydrogens (tertiary/aromatic N) is 2. The van der Waals surface area contributed by atoms with Crippen LogP contribution >= 0.6 is 23.5 Å². The molecular formula is C14H28N4OS2. The minimum atomic E-state index is 0.269. The minimum Gasteiger partial charge on any atom is -0.379 e. The summed E-state index contributed by atoms with van der Waals surface area (Å²) in [7, 11) is 1.85. The van der Waals surface area contributed by atoms with Gasteiger partial charge in [-0.15, -0.1) is 0 Å². The van der Waals surface area contributed by atoms with E-state index in [1.54, 1.807) is 0 Å². The molecule has 7 heteroatoms. The highest BCUT2D eigenvalue weighted by Gasteiger charge is 2.40. The highest BCUT2D eigenvalue weighted by molar-refractivity contribution is 7.99. The van der Waals surface area contributed by atoms with Crippen molar-refractivity contribution in [1.82, 2.24) is 15.5 Å². The van der Waals surface area contributed by atoms with Gasteiger partial charge in [0.1, 0.15) is 0 Å². The first-order valence-corrected chi connectivity index (χ1v) is 10.2. The molecule has 1 unspecified atom stereocenters. The van der Waals surface area contributed by atoms with Crippen LogP contribution in [0.5, 0.6) is 0 Å². The second-order valence-corrected chi connectivity index (χ2v) is 7.56. The Morgan fingerprint density at radius 3 is 2.81 bits per heavy atom. The molecule has 0 radical (unpaired) electrons. The largest absolute Gasteiger partial charge is 0.379 e. The van der Waals surface area contributed by atoms with Crippen molar-refractivity contribution in [3.05, 3.63) is 0 Å². The number of ether oxygens (including phenoxy) is 1. The van der Waals surface area contributed by atoms with Gasteiger partial charge in [-0.25, -0.2) is 0 Å². The zero-order valence-electron chi connectivity index (χ0n) is 13.2. The molecule has 0 aromatic rings. The Morgan fingerprint density at radius 1 is 1.38 bits per heavy atom. The summed E-state index contributed by atoms with van der Waals surface area (Å²) < 4.78 is 5.51. The highest BCUT2D eigenvalue weighted by Crippen LogP contribution is 2.33. The maximum atomic E-state index is 5.51. The van der Waals surface area contributed by atoms with Crippen molar-refractivity contribution < 1.29 is 4.74 Å². The van der Waals surface area contributed by atoms with Crippen molar-refractivity contribution in [2.75, 3.05) is 70.0 Å². The second kappa shape index (κ2) is 9.12. The molecule has 2 aliphatic heterocycles. The number of hydrogen-bond donors (Lipinski definition) is 2. The van der Waals surface area contributed by atoms with Crippen LogP contribution in [0.3, 0.4) is 0 Å². The molecule has 0 aromatic carbocycles. The van der Waals surface area contributed by atoms with Crippen LogP contribution in [-0.2, 0) is 4.74 Å². The third kappa shape index (κ3) is 4.94. The Morgan fingerprint density at radius 2 is 2.19 bits per heavy atom. The Labute approximate surface area is 137 Å². The van der Waals surface area contributed by atoms with E-state index in [9.17, 15) is 0 Å². The van der Waals surface area contributed by atoms with E-state index in [1.807, 2.05) is 18.8 Å². The molecule has 0 spiro atoms. The van der Waals surface area contributed by atoms with Crippen LogP contribution in [0.2, 0.25) is 0 Å². The molecule has 0 amide bonds. The summed E-state index contributed by atoms with van der Waals surface area (Å²) in [5.74, 6) is 4.50. The summed E-state index contributed by atoms with van der Waals surface area (Å²) in [6, 6.07) is 0. The topological polar surface area (TPSA) is 48.9 Å². The molecule has 0 saturated carbocycles. The van der Waals surface area contributed by atoms with Gasteiger partial charge in [-0.1, -0.05) is 0 Å². The van der Waals surface area contributed by atoms with Crippen LogP contribution in [0, 0.1) is 0 Å². The molecule has 122 valence electrons. The van der Waals surface area contributed by atoms with Gasteiger partial charge in [0.05, 0.1) is 13.2 Å². The van der Waals surface area contributed by atoms with E-state index in [0.717, 1.165) is 51.1 Å². The molecule has 0 bridgehead atoms. The molecule has 0 aliphatic carbocycles. The van der Waals surface area contributed by atoms with Gasteiger partial charge in [0.2, 0.25) is 0 Å². The third-order valence-corrected chi connectivity index (χ3v) is 6.02. The Bertz CT molecular complexity index is 329. The number of guanidine groups is 1. The summed E-state index contributed by atoms with van der Waals surface area (Å²) in [5.41, 5.74) is 0.269. The zero-order chi connectivity index (χ0) is 15.0. The normalized spacial score (nSPS) is 27.8. The van der Waals surface area contributed by atoms with Gasteiger partial charge in [0.25, 0.3) is 0 Å². The second-order valence-electron chi connectivity index (χ2n) is 5.47. The SMILES string of the molecule is CN=C(NCCSC)NCC1(N2CCOCC2)CCSC1. The maximum Gasteiger partial charge on any atom is 0.191 e. The number of morpholine rings is 1. The molecule has 21 heavy (non-hydrogen) atoms. The molecule has 2 heterocycles. The smallest absolute Gasteiger partial charge is 0.191 e. The van der Waals surface area contributed by atoms with Gasteiger partial charge in [0.15, 0.2) is 5.96 Å². The molecule has 2 aliphatic rings. The van der Waals surface area contributed by atoms with Crippen molar-refractivity contribution in [2.24, 2.45) is 4.99 Å². The van der Waals surface area contributed by atoms with Crippen molar-refractivity contribution in [2.45, 2.75) is 12.0 Å². The quantitative estimate of drug-likeness (QED) is 0.425. The predicted molar refractivity (Wildman–Crippen MR) is 94.8 cm³/mol. The summed E-state index contributed by atoms with van der Waals surface area (Å²) >= 11 is 3.92. The first-order valence-electron chi connectivity index (χ1n) is 7.65. The van der Waals surface area contributed by atoms with Gasteiger partial charge in [-0.2, -0.15) is 23.5 Å². The van der Waals surface area contributed by atoms with Gasteiger partial charge < -0.3 is 15.4 Å². The monoisotopic (exact) mass is 332 g/mol. The van der Waals surface area contributed by atoms with Crippen molar-refractivity contribution in [3.63, 3.8) is 0 Å². The van der Waals surface area contributed by atoms with Gasteiger partial charge in [-0.3, -0.25) is 9.89 Å². The van der Waals surface area contributed by atoms with Crippen molar-refractivity contribution >= 4 is 29.5 Å². The lowest BCUT2D eigenvalue weighted by molar-refractivity contribution is -0.0120. The summed E-state index contributed by atoms with van der Waals surface area (Å²) in [4.78, 5) is 6.96. The van der Waals surface area contributed by atoms with E-state index in [0.29, 0.717) is 0 Å². The molecule has 2 N–H and O–H groups in total. The lowest BCUT2D eigenvalue weighted by atomic mass is 9.95. The standard InChI is InChI=1S/C14H28N4OS2/c1-15-13(16-4-10-20-2)17-11-14(3-9-21-12-14)18-5-7-19-8-6-18/h3-12H2,1-2H3,(H2,15,16,17). The van der Waals surface area contributed by atoms with E-state index >= 15 is 0 Å². The first-order chi connectivity index (χ1) is 10.3. The number of aliphatic imine (C=N–C) groups is 1. The first kappa shape index (κ1) is 17.2. The molecule has 2 rings (SSSR count). The number of rotatable bonds is 6. The van der Waals surface area contributed by atoms with Gasteiger partial charge in [0, 0.05) is 50.3 Å². The molecule has 1 atom stereocenters. The van der Waals surface area contributed by atoms with E-state index in [4.69, 9.17) is 4.74 Å². The summed E-state index contributed by atoms with van der Waals surface area (Å²) in [6.07, 6.45) is 3.38. The van der Waals surface area contributed by atoms with E-state index in [-0.39, 0.29) is 5.54 Å². The van der Waals surface area contributed by atoms with Gasteiger partial charge >= 0.3 is 0 Å². The van der Waals surface area contributed by atoms with Crippen molar-refractivity contribution in [1.29, 1.82) is 0 Å². The van der Waals surface area contributed by atoms with Crippen LogP contribution in [0.4, 0.5) is 0 Å². The number of hydrogen-bond acceptors (Lipinski definition) is 5. The minimum absolute atomic E-state index is 0.269. The fraction of sp³-hybridized carbons (Fsp3) is 0.929. The van der Waals surface area contributed by atoms with E-state index < -0.39 is 0 Å². The van der Waals surface area contributed by atoms with E-state index in [2.05, 4.69) is 38.5 Å². The van der Waals surface area contributed by atoms with Crippen LogP contribution in [0.1, 0.15) is 6.42 Å². The van der Waals surface area contributed by atoms with Crippen LogP contribution < -0.4 is 10.6 Å². The fourth-order valence-electron chi connectivity index (χ4n) is 2.88. The lowest BCUT2D eigenvalue weighted by Crippen LogP contribution is -2.60.